The molecule has 0 aliphatic rings. The average molecular weight is 288 g/mol. The first kappa shape index (κ1) is 15.5. The Bertz CT molecular complexity index is 481. The molecule has 0 atom stereocenters. The molecule has 1 aromatic carbocycles. The van der Waals surface area contributed by atoms with Crippen LogP contribution >= 0.6 is 11.8 Å². The molecule has 1 rings (SSSR count). The SMILES string of the molecule is CSC(C)(C)CNS(=O)(=O)c1ccc(CN)cc1. The van der Waals surface area contributed by atoms with E-state index in [1.807, 2.05) is 20.1 Å². The highest BCUT2D eigenvalue weighted by Gasteiger charge is 2.21. The van der Waals surface area contributed by atoms with Crippen molar-refractivity contribution in [2.45, 2.75) is 30.0 Å². The number of rotatable bonds is 6. The maximum atomic E-state index is 12.0. The third-order valence-electron chi connectivity index (χ3n) is 2.71. The van der Waals surface area contributed by atoms with Crippen LogP contribution in [0.5, 0.6) is 0 Å². The molecule has 6 heteroatoms. The molecule has 18 heavy (non-hydrogen) atoms. The fourth-order valence-electron chi connectivity index (χ4n) is 1.23. The first-order valence-corrected chi connectivity index (χ1v) is 8.35. The Hall–Kier alpha value is -0.560. The smallest absolute Gasteiger partial charge is 0.240 e. The van der Waals surface area contributed by atoms with Crippen LogP contribution in [0.3, 0.4) is 0 Å². The highest BCUT2D eigenvalue weighted by molar-refractivity contribution is 8.00. The monoisotopic (exact) mass is 288 g/mol. The van der Waals surface area contributed by atoms with Gasteiger partial charge in [0.05, 0.1) is 4.90 Å². The molecule has 4 nitrogen and oxygen atoms in total. The first-order valence-electron chi connectivity index (χ1n) is 5.64. The van der Waals surface area contributed by atoms with Gasteiger partial charge in [-0.05, 0) is 37.8 Å². The molecule has 0 unspecified atom stereocenters. The lowest BCUT2D eigenvalue weighted by Crippen LogP contribution is -2.36. The second-order valence-corrected chi connectivity index (χ2v) is 7.92. The van der Waals surface area contributed by atoms with E-state index < -0.39 is 10.0 Å². The summed E-state index contributed by atoms with van der Waals surface area (Å²) in [6, 6.07) is 6.62. The zero-order valence-corrected chi connectivity index (χ0v) is 12.6. The zero-order valence-electron chi connectivity index (χ0n) is 10.9. The van der Waals surface area contributed by atoms with Crippen molar-refractivity contribution in [3.8, 4) is 0 Å². The lowest BCUT2D eigenvalue weighted by Gasteiger charge is -2.22. The van der Waals surface area contributed by atoms with Gasteiger partial charge in [-0.3, -0.25) is 0 Å². The van der Waals surface area contributed by atoms with Crippen LogP contribution in [0.25, 0.3) is 0 Å². The number of benzene rings is 1. The van der Waals surface area contributed by atoms with Crippen LogP contribution in [0, 0.1) is 0 Å². The number of hydrogen-bond donors (Lipinski definition) is 2. The van der Waals surface area contributed by atoms with E-state index in [0.29, 0.717) is 13.1 Å². The molecule has 0 aliphatic heterocycles. The number of nitrogens with two attached hydrogens (primary N) is 1. The number of thioether (sulfide) groups is 1. The van der Waals surface area contributed by atoms with Crippen LogP contribution in [0.4, 0.5) is 0 Å². The van der Waals surface area contributed by atoms with E-state index in [2.05, 4.69) is 4.72 Å². The van der Waals surface area contributed by atoms with E-state index in [9.17, 15) is 8.42 Å². The molecular formula is C12H20N2O2S2. The van der Waals surface area contributed by atoms with Crippen molar-refractivity contribution in [1.29, 1.82) is 0 Å². The van der Waals surface area contributed by atoms with E-state index in [0.717, 1.165) is 5.56 Å². The van der Waals surface area contributed by atoms with Crippen LogP contribution < -0.4 is 10.5 Å². The van der Waals surface area contributed by atoms with E-state index in [1.54, 1.807) is 36.0 Å². The molecule has 0 bridgehead atoms. The third-order valence-corrected chi connectivity index (χ3v) is 5.38. The van der Waals surface area contributed by atoms with Gasteiger partial charge in [0.2, 0.25) is 10.0 Å². The summed E-state index contributed by atoms with van der Waals surface area (Å²) >= 11 is 1.63. The van der Waals surface area contributed by atoms with E-state index in [4.69, 9.17) is 5.73 Å². The van der Waals surface area contributed by atoms with Gasteiger partial charge in [0.1, 0.15) is 0 Å². The summed E-state index contributed by atoms with van der Waals surface area (Å²) < 4.78 is 26.6. The van der Waals surface area contributed by atoms with E-state index in [-0.39, 0.29) is 9.64 Å². The Morgan fingerprint density at radius 2 is 1.83 bits per heavy atom. The summed E-state index contributed by atoms with van der Waals surface area (Å²) in [4.78, 5) is 0.275. The normalized spacial score (nSPS) is 12.7. The van der Waals surface area contributed by atoms with Gasteiger partial charge in [-0.15, -0.1) is 0 Å². The highest BCUT2D eigenvalue weighted by atomic mass is 32.2. The van der Waals surface area contributed by atoms with Gasteiger partial charge >= 0.3 is 0 Å². The largest absolute Gasteiger partial charge is 0.326 e. The molecule has 0 heterocycles. The molecule has 0 aromatic heterocycles. The second-order valence-electron chi connectivity index (χ2n) is 4.64. The second kappa shape index (κ2) is 6.06. The lowest BCUT2D eigenvalue weighted by molar-refractivity contribution is 0.570. The summed E-state index contributed by atoms with van der Waals surface area (Å²) in [5.41, 5.74) is 6.39. The predicted molar refractivity (Wildman–Crippen MR) is 77.1 cm³/mol. The molecule has 0 saturated carbocycles. The Balaban J connectivity index is 2.80. The maximum Gasteiger partial charge on any atom is 0.240 e. The van der Waals surface area contributed by atoms with Crippen LogP contribution in [0.15, 0.2) is 29.2 Å². The van der Waals surface area contributed by atoms with Crippen molar-refractivity contribution in [2.75, 3.05) is 12.8 Å². The molecule has 0 spiro atoms. The van der Waals surface area contributed by atoms with Crippen molar-refractivity contribution >= 4 is 21.8 Å². The molecule has 0 amide bonds. The Kier molecular flexibility index (Phi) is 5.21. The summed E-state index contributed by atoms with van der Waals surface area (Å²) in [6.07, 6.45) is 1.96. The number of hydrogen-bond acceptors (Lipinski definition) is 4. The van der Waals surface area contributed by atoms with E-state index in [1.165, 1.54) is 0 Å². The number of nitrogens with one attached hydrogen (secondary N) is 1. The van der Waals surface area contributed by atoms with Crippen LogP contribution in [0.1, 0.15) is 19.4 Å². The van der Waals surface area contributed by atoms with Crippen molar-refractivity contribution in [2.24, 2.45) is 5.73 Å². The molecule has 3 N–H and O–H groups in total. The topological polar surface area (TPSA) is 72.2 Å². The minimum Gasteiger partial charge on any atom is -0.326 e. The van der Waals surface area contributed by atoms with Crippen LogP contribution in [0.2, 0.25) is 0 Å². The molecule has 0 fully saturated rings. The van der Waals surface area contributed by atoms with Crippen LogP contribution in [-0.2, 0) is 16.6 Å². The molecular weight excluding hydrogens is 268 g/mol. The summed E-state index contributed by atoms with van der Waals surface area (Å²) in [5.74, 6) is 0. The Morgan fingerprint density at radius 1 is 1.28 bits per heavy atom. The predicted octanol–water partition coefficient (Wildman–Crippen LogP) is 1.57. The Labute approximate surface area is 113 Å². The van der Waals surface area contributed by atoms with Gasteiger partial charge in [-0.1, -0.05) is 12.1 Å². The molecule has 0 aliphatic carbocycles. The minimum absolute atomic E-state index is 0.121. The minimum atomic E-state index is -3.43. The fraction of sp³-hybridized carbons (Fsp3) is 0.500. The Morgan fingerprint density at radius 3 is 2.28 bits per heavy atom. The summed E-state index contributed by atoms with van der Waals surface area (Å²) in [6.45, 7) is 4.80. The van der Waals surface area contributed by atoms with Crippen LogP contribution in [-0.4, -0.2) is 26.0 Å². The van der Waals surface area contributed by atoms with Gasteiger partial charge < -0.3 is 5.73 Å². The van der Waals surface area contributed by atoms with Gasteiger partial charge in [0, 0.05) is 17.8 Å². The number of sulfonamides is 1. The quantitative estimate of drug-likeness (QED) is 0.833. The van der Waals surface area contributed by atoms with Crippen molar-refractivity contribution in [1.82, 2.24) is 4.72 Å². The maximum absolute atomic E-state index is 12.0. The van der Waals surface area contributed by atoms with Gasteiger partial charge in [-0.25, -0.2) is 13.1 Å². The molecule has 102 valence electrons. The highest BCUT2D eigenvalue weighted by Crippen LogP contribution is 2.20. The van der Waals surface area contributed by atoms with Crippen molar-refractivity contribution in [3.63, 3.8) is 0 Å². The summed E-state index contributed by atoms with van der Waals surface area (Å²) in [7, 11) is -3.43. The van der Waals surface area contributed by atoms with Gasteiger partial charge in [0.15, 0.2) is 0 Å². The van der Waals surface area contributed by atoms with Crippen molar-refractivity contribution in [3.05, 3.63) is 29.8 Å². The van der Waals surface area contributed by atoms with E-state index >= 15 is 0 Å². The standard InChI is InChI=1S/C12H20N2O2S2/c1-12(2,17-3)9-14-18(15,16)11-6-4-10(8-13)5-7-11/h4-7,14H,8-9,13H2,1-3H3. The van der Waals surface area contributed by atoms with Gasteiger partial charge in [0.25, 0.3) is 0 Å². The third kappa shape index (κ3) is 4.28. The summed E-state index contributed by atoms with van der Waals surface area (Å²) in [5, 5.41) is 0. The fourth-order valence-corrected chi connectivity index (χ4v) is 2.75. The van der Waals surface area contributed by atoms with Gasteiger partial charge in [-0.2, -0.15) is 11.8 Å². The molecule has 1 aromatic rings. The zero-order chi connectivity index (χ0) is 13.8. The lowest BCUT2D eigenvalue weighted by atomic mass is 10.2. The molecule has 0 radical (unpaired) electrons. The van der Waals surface area contributed by atoms with Crippen molar-refractivity contribution < 1.29 is 8.42 Å². The average Bonchev–Trinajstić information content (AvgIpc) is 2.37. The first-order chi connectivity index (χ1) is 8.30. The molecule has 0 saturated heterocycles.